The number of benzene rings is 1. The molecule has 1 saturated carbocycles. The summed E-state index contributed by atoms with van der Waals surface area (Å²) >= 11 is 0. The van der Waals surface area contributed by atoms with Crippen LogP contribution in [0.2, 0.25) is 0 Å². The maximum atomic E-state index is 14.9. The SMILES string of the molecule is CC(C)Oc1cc(F)c(-c2nc(C(=O)Cc3cnccc3[C@H]3C[C@@H](N)[C@@H](OCCS(C)(=O)=O)[C@@H](C)C3)ccc2F)c(F)c1. The normalized spacial score (nSPS) is 20.8. The summed E-state index contributed by atoms with van der Waals surface area (Å²) in [6.45, 7) is 5.46. The molecule has 1 aliphatic carbocycles. The van der Waals surface area contributed by atoms with Crippen LogP contribution in [-0.4, -0.2) is 61.0 Å². The van der Waals surface area contributed by atoms with Gasteiger partial charge in [0.05, 0.1) is 30.1 Å². The predicted octanol–water partition coefficient (Wildman–Crippen LogP) is 5.04. The highest BCUT2D eigenvalue weighted by molar-refractivity contribution is 7.90. The van der Waals surface area contributed by atoms with Gasteiger partial charge in [-0.3, -0.25) is 9.78 Å². The molecule has 8 nitrogen and oxygen atoms in total. The van der Waals surface area contributed by atoms with Crippen LogP contribution in [0.5, 0.6) is 5.75 Å². The number of halogens is 3. The Balaban J connectivity index is 1.53. The minimum absolute atomic E-state index is 0.0166. The lowest BCUT2D eigenvalue weighted by atomic mass is 9.73. The summed E-state index contributed by atoms with van der Waals surface area (Å²) in [5, 5.41) is 0. The average Bonchev–Trinajstić information content (AvgIpc) is 2.90. The van der Waals surface area contributed by atoms with E-state index in [0.29, 0.717) is 18.4 Å². The summed E-state index contributed by atoms with van der Waals surface area (Å²) in [6, 6.07) is 5.52. The van der Waals surface area contributed by atoms with Crippen molar-refractivity contribution in [2.24, 2.45) is 11.7 Å². The van der Waals surface area contributed by atoms with Gasteiger partial charge in [0.25, 0.3) is 0 Å². The van der Waals surface area contributed by atoms with Gasteiger partial charge in [0.2, 0.25) is 0 Å². The first-order valence-electron chi connectivity index (χ1n) is 14.1. The molecule has 0 saturated heterocycles. The molecule has 2 heterocycles. The van der Waals surface area contributed by atoms with Crippen LogP contribution >= 0.6 is 0 Å². The van der Waals surface area contributed by atoms with Gasteiger partial charge >= 0.3 is 0 Å². The van der Waals surface area contributed by atoms with E-state index in [-0.39, 0.29) is 60.3 Å². The molecule has 232 valence electrons. The van der Waals surface area contributed by atoms with Crippen LogP contribution < -0.4 is 10.5 Å². The van der Waals surface area contributed by atoms with Crippen LogP contribution in [0.25, 0.3) is 11.3 Å². The highest BCUT2D eigenvalue weighted by atomic mass is 32.2. The Bertz CT molecular complexity index is 1550. The van der Waals surface area contributed by atoms with Gasteiger partial charge in [-0.2, -0.15) is 0 Å². The number of nitrogens with zero attached hydrogens (tertiary/aromatic N) is 2. The lowest BCUT2D eigenvalue weighted by molar-refractivity contribution is -0.0154. The first-order valence-corrected chi connectivity index (χ1v) is 16.1. The van der Waals surface area contributed by atoms with Gasteiger partial charge < -0.3 is 15.2 Å². The molecule has 2 aromatic heterocycles. The fourth-order valence-corrected chi connectivity index (χ4v) is 5.98. The fourth-order valence-electron chi connectivity index (χ4n) is 5.58. The number of aromatic nitrogens is 2. The summed E-state index contributed by atoms with van der Waals surface area (Å²) in [7, 11) is -3.16. The van der Waals surface area contributed by atoms with Gasteiger partial charge in [-0.1, -0.05) is 6.92 Å². The van der Waals surface area contributed by atoms with Crippen molar-refractivity contribution in [1.82, 2.24) is 9.97 Å². The summed E-state index contributed by atoms with van der Waals surface area (Å²) in [5.41, 5.74) is 6.51. The number of rotatable bonds is 11. The number of Topliss-reactive ketones (excluding diaryl/α,β-unsaturated/α-hetero) is 1. The minimum Gasteiger partial charge on any atom is -0.491 e. The zero-order valence-electron chi connectivity index (χ0n) is 24.5. The number of hydrogen-bond acceptors (Lipinski definition) is 8. The monoisotopic (exact) mass is 619 g/mol. The Kier molecular flexibility index (Phi) is 10.2. The molecule has 0 spiro atoms. The van der Waals surface area contributed by atoms with Gasteiger partial charge in [-0.25, -0.2) is 26.6 Å². The Labute approximate surface area is 249 Å². The number of ketones is 1. The van der Waals surface area contributed by atoms with Crippen molar-refractivity contribution in [2.45, 2.75) is 64.2 Å². The molecule has 4 rings (SSSR count). The lowest BCUT2D eigenvalue weighted by Gasteiger charge is -2.39. The van der Waals surface area contributed by atoms with E-state index in [0.717, 1.165) is 30.0 Å². The second-order valence-electron chi connectivity index (χ2n) is 11.4. The van der Waals surface area contributed by atoms with E-state index < -0.39 is 44.3 Å². The average molecular weight is 620 g/mol. The van der Waals surface area contributed by atoms with Crippen molar-refractivity contribution < 1.29 is 35.9 Å². The van der Waals surface area contributed by atoms with E-state index >= 15 is 0 Å². The molecule has 0 aliphatic heterocycles. The lowest BCUT2D eigenvalue weighted by Crippen LogP contribution is -2.47. The first kappa shape index (κ1) is 32.6. The van der Waals surface area contributed by atoms with Crippen molar-refractivity contribution in [2.75, 3.05) is 18.6 Å². The molecule has 4 atom stereocenters. The molecule has 2 N–H and O–H groups in total. The number of ether oxygens (including phenoxy) is 2. The number of carbonyl (C=O) groups is 1. The molecule has 12 heteroatoms. The van der Waals surface area contributed by atoms with Gasteiger partial charge in [0.1, 0.15) is 44.4 Å². The molecule has 0 bridgehead atoms. The molecule has 43 heavy (non-hydrogen) atoms. The second-order valence-corrected chi connectivity index (χ2v) is 13.7. The van der Waals surface area contributed by atoms with E-state index in [2.05, 4.69) is 9.97 Å². The molecule has 0 radical (unpaired) electrons. The molecule has 0 amide bonds. The van der Waals surface area contributed by atoms with Crippen molar-refractivity contribution in [3.8, 4) is 17.0 Å². The van der Waals surface area contributed by atoms with Gasteiger partial charge in [0, 0.05) is 43.2 Å². The first-order chi connectivity index (χ1) is 20.2. The van der Waals surface area contributed by atoms with Crippen LogP contribution in [0, 0.1) is 23.4 Å². The molecule has 0 unspecified atom stereocenters. The Morgan fingerprint density at radius 3 is 2.42 bits per heavy atom. The van der Waals surface area contributed by atoms with Gasteiger partial charge in [-0.05, 0) is 67.9 Å². The Morgan fingerprint density at radius 2 is 1.79 bits per heavy atom. The Morgan fingerprint density at radius 1 is 1.09 bits per heavy atom. The molecule has 3 aromatic rings. The topological polar surface area (TPSA) is 121 Å². The molecular formula is C31H36F3N3O5S. The van der Waals surface area contributed by atoms with Crippen LogP contribution in [0.1, 0.15) is 61.1 Å². The van der Waals surface area contributed by atoms with Crippen molar-refractivity contribution >= 4 is 15.6 Å². The van der Waals surface area contributed by atoms with Gasteiger partial charge in [0.15, 0.2) is 5.78 Å². The zero-order valence-corrected chi connectivity index (χ0v) is 25.3. The number of nitrogens with two attached hydrogens (primary N) is 1. The van der Waals surface area contributed by atoms with Crippen LogP contribution in [0.3, 0.4) is 0 Å². The standard InChI is InChI=1S/C31H36F3N3O5S/c1-17(2)42-21-14-24(33)29(25(34)15-21)30-23(32)5-6-27(37-30)28(38)13-20-16-36-8-7-22(20)19-11-18(3)31(26(35)12-19)41-9-10-43(4,39)40/h5-8,14-19,26,31H,9-13,35H2,1-4H3/t18-,19+,26+,31-/m0/s1. The maximum absolute atomic E-state index is 14.9. The summed E-state index contributed by atoms with van der Waals surface area (Å²) in [6.07, 6.45) is 4.84. The highest BCUT2D eigenvalue weighted by Gasteiger charge is 2.36. The molecule has 1 fully saturated rings. The van der Waals surface area contributed by atoms with Crippen LogP contribution in [-0.2, 0) is 21.0 Å². The Hall–Kier alpha value is -3.35. The number of hydrogen-bond donors (Lipinski definition) is 1. The molecular weight excluding hydrogens is 583 g/mol. The summed E-state index contributed by atoms with van der Waals surface area (Å²) in [4.78, 5) is 21.6. The van der Waals surface area contributed by atoms with E-state index in [4.69, 9.17) is 15.2 Å². The molecule has 1 aliphatic rings. The predicted molar refractivity (Wildman–Crippen MR) is 156 cm³/mol. The smallest absolute Gasteiger partial charge is 0.185 e. The van der Waals surface area contributed by atoms with E-state index in [1.165, 1.54) is 6.07 Å². The zero-order chi connectivity index (χ0) is 31.5. The van der Waals surface area contributed by atoms with E-state index in [1.807, 2.05) is 13.0 Å². The minimum atomic E-state index is -3.16. The number of pyridine rings is 2. The number of carbonyl (C=O) groups excluding carboxylic acids is 1. The third-order valence-electron chi connectivity index (χ3n) is 7.45. The van der Waals surface area contributed by atoms with Gasteiger partial charge in [-0.15, -0.1) is 0 Å². The van der Waals surface area contributed by atoms with Crippen molar-refractivity contribution in [1.29, 1.82) is 0 Å². The highest BCUT2D eigenvalue weighted by Crippen LogP contribution is 2.38. The van der Waals surface area contributed by atoms with Crippen LogP contribution in [0.15, 0.2) is 42.7 Å². The fraction of sp³-hybridized carbons (Fsp3) is 0.452. The largest absolute Gasteiger partial charge is 0.491 e. The van der Waals surface area contributed by atoms with Crippen LogP contribution in [0.4, 0.5) is 13.2 Å². The van der Waals surface area contributed by atoms with E-state index in [9.17, 15) is 26.4 Å². The number of sulfone groups is 1. The third kappa shape index (κ3) is 8.18. The van der Waals surface area contributed by atoms with Crippen molar-refractivity contribution in [3.05, 3.63) is 77.0 Å². The molecule has 1 aromatic carbocycles. The second kappa shape index (κ2) is 13.5. The third-order valence-corrected chi connectivity index (χ3v) is 8.36. The summed E-state index contributed by atoms with van der Waals surface area (Å²) in [5.74, 6) is -3.72. The van der Waals surface area contributed by atoms with E-state index in [1.54, 1.807) is 26.2 Å². The van der Waals surface area contributed by atoms with Crippen molar-refractivity contribution in [3.63, 3.8) is 0 Å². The summed E-state index contributed by atoms with van der Waals surface area (Å²) < 4.78 is 78.7. The quantitative estimate of drug-likeness (QED) is 0.296. The maximum Gasteiger partial charge on any atom is 0.185 e.